The average Bonchev–Trinajstić information content (AvgIpc) is 2.46. The van der Waals surface area contributed by atoms with E-state index in [0.717, 1.165) is 31.2 Å². The molecule has 1 aliphatic rings. The van der Waals surface area contributed by atoms with E-state index >= 15 is 0 Å². The zero-order valence-electron chi connectivity index (χ0n) is 11.8. The summed E-state index contributed by atoms with van der Waals surface area (Å²) in [5, 5.41) is 9.44. The highest BCUT2D eigenvalue weighted by atomic mass is 32.2. The van der Waals surface area contributed by atoms with Gasteiger partial charge in [0, 0.05) is 0 Å². The maximum atomic E-state index is 12.2. The van der Waals surface area contributed by atoms with Gasteiger partial charge in [0.15, 0.2) is 0 Å². The molecule has 1 fully saturated rings. The summed E-state index contributed by atoms with van der Waals surface area (Å²) in [6.45, 7) is 1.64. The number of aliphatic hydroxyl groups is 1. The minimum absolute atomic E-state index is 0.133. The zero-order valence-corrected chi connectivity index (χ0v) is 12.6. The molecule has 2 rings (SSSR count). The minimum Gasteiger partial charge on any atom is -0.394 e. The van der Waals surface area contributed by atoms with Gasteiger partial charge in [-0.15, -0.1) is 0 Å². The summed E-state index contributed by atoms with van der Waals surface area (Å²) >= 11 is 0. The van der Waals surface area contributed by atoms with Crippen molar-refractivity contribution in [3.05, 3.63) is 29.8 Å². The number of rotatable bonds is 5. The quantitative estimate of drug-likeness (QED) is 0.849. The van der Waals surface area contributed by atoms with Gasteiger partial charge in [0.25, 0.3) is 10.1 Å². The van der Waals surface area contributed by atoms with Crippen LogP contribution in [0.2, 0.25) is 0 Å². The first kappa shape index (κ1) is 15.5. The molecule has 0 radical (unpaired) electrons. The van der Waals surface area contributed by atoms with Crippen LogP contribution in [0.15, 0.2) is 29.2 Å². The van der Waals surface area contributed by atoms with Crippen molar-refractivity contribution < 1.29 is 17.7 Å². The van der Waals surface area contributed by atoms with E-state index in [2.05, 4.69) is 0 Å². The predicted molar refractivity (Wildman–Crippen MR) is 76.9 cm³/mol. The number of hydrogen-bond acceptors (Lipinski definition) is 4. The molecule has 1 atom stereocenters. The van der Waals surface area contributed by atoms with Crippen molar-refractivity contribution in [2.45, 2.75) is 50.0 Å². The lowest BCUT2D eigenvalue weighted by Gasteiger charge is -2.28. The Morgan fingerprint density at radius 3 is 2.35 bits per heavy atom. The first-order valence-corrected chi connectivity index (χ1v) is 8.54. The van der Waals surface area contributed by atoms with Gasteiger partial charge in [-0.3, -0.25) is 4.18 Å². The van der Waals surface area contributed by atoms with Crippen LogP contribution in [0.25, 0.3) is 0 Å². The third-order valence-corrected chi connectivity index (χ3v) is 5.27. The van der Waals surface area contributed by atoms with Crippen LogP contribution in [-0.2, 0) is 14.3 Å². The van der Waals surface area contributed by atoms with Crippen molar-refractivity contribution in [2.75, 3.05) is 6.61 Å². The molecular formula is C15H22O4S. The molecule has 1 saturated carbocycles. The molecule has 1 aliphatic carbocycles. The Morgan fingerprint density at radius 1 is 1.20 bits per heavy atom. The fraction of sp³-hybridized carbons (Fsp3) is 0.600. The van der Waals surface area contributed by atoms with Crippen molar-refractivity contribution >= 4 is 10.1 Å². The molecule has 0 bridgehead atoms. The Bertz CT molecular complexity index is 515. The second-order valence-electron chi connectivity index (χ2n) is 5.48. The van der Waals surface area contributed by atoms with Crippen LogP contribution in [0, 0.1) is 12.8 Å². The van der Waals surface area contributed by atoms with Gasteiger partial charge in [0.1, 0.15) is 6.10 Å². The first-order valence-electron chi connectivity index (χ1n) is 7.14. The molecule has 0 heterocycles. The van der Waals surface area contributed by atoms with E-state index in [1.165, 1.54) is 6.42 Å². The molecular weight excluding hydrogens is 276 g/mol. The lowest BCUT2D eigenvalue weighted by molar-refractivity contribution is 0.0566. The maximum Gasteiger partial charge on any atom is 0.297 e. The molecule has 1 unspecified atom stereocenters. The van der Waals surface area contributed by atoms with E-state index in [0.29, 0.717) is 0 Å². The summed E-state index contributed by atoms with van der Waals surface area (Å²) in [6.07, 6.45) is 4.56. The van der Waals surface area contributed by atoms with E-state index in [4.69, 9.17) is 4.18 Å². The van der Waals surface area contributed by atoms with Crippen molar-refractivity contribution in [1.29, 1.82) is 0 Å². The molecule has 1 aromatic rings. The van der Waals surface area contributed by atoms with Crippen LogP contribution < -0.4 is 0 Å². The van der Waals surface area contributed by atoms with Crippen LogP contribution in [0.5, 0.6) is 0 Å². The van der Waals surface area contributed by atoms with Gasteiger partial charge >= 0.3 is 0 Å². The summed E-state index contributed by atoms with van der Waals surface area (Å²) < 4.78 is 29.7. The molecule has 0 spiro atoms. The molecule has 0 saturated heterocycles. The van der Waals surface area contributed by atoms with E-state index in [9.17, 15) is 13.5 Å². The second kappa shape index (κ2) is 6.70. The topological polar surface area (TPSA) is 63.6 Å². The average molecular weight is 298 g/mol. The Kier molecular flexibility index (Phi) is 5.18. The Labute approximate surface area is 120 Å². The van der Waals surface area contributed by atoms with Crippen molar-refractivity contribution in [1.82, 2.24) is 0 Å². The highest BCUT2D eigenvalue weighted by Gasteiger charge is 2.29. The lowest BCUT2D eigenvalue weighted by atomic mass is 9.85. The Morgan fingerprint density at radius 2 is 1.80 bits per heavy atom. The van der Waals surface area contributed by atoms with Crippen molar-refractivity contribution in [3.63, 3.8) is 0 Å². The Hall–Kier alpha value is -0.910. The Balaban J connectivity index is 2.10. The molecule has 1 aromatic carbocycles. The molecule has 0 amide bonds. The third kappa shape index (κ3) is 3.81. The maximum absolute atomic E-state index is 12.2. The highest BCUT2D eigenvalue weighted by Crippen LogP contribution is 2.29. The van der Waals surface area contributed by atoms with E-state index in [1.807, 2.05) is 6.92 Å². The first-order chi connectivity index (χ1) is 9.53. The fourth-order valence-electron chi connectivity index (χ4n) is 2.69. The van der Waals surface area contributed by atoms with Crippen molar-refractivity contribution in [2.24, 2.45) is 5.92 Å². The summed E-state index contributed by atoms with van der Waals surface area (Å²) in [5.41, 5.74) is 0.995. The monoisotopic (exact) mass is 298 g/mol. The zero-order chi connectivity index (χ0) is 14.6. The molecule has 0 aromatic heterocycles. The standard InChI is InChI=1S/C15H22O4S/c1-12-7-9-14(10-8-12)20(17,18)19-15(11-16)13-5-3-2-4-6-13/h7-10,13,15-16H,2-6,11H2,1H3. The number of hydrogen-bond donors (Lipinski definition) is 1. The van der Waals surface area contributed by atoms with Gasteiger partial charge < -0.3 is 5.11 Å². The number of benzene rings is 1. The highest BCUT2D eigenvalue weighted by molar-refractivity contribution is 7.86. The molecule has 112 valence electrons. The summed E-state index contributed by atoms with van der Waals surface area (Å²) in [5.74, 6) is 0.133. The lowest BCUT2D eigenvalue weighted by Crippen LogP contribution is -2.31. The summed E-state index contributed by atoms with van der Waals surface area (Å²) in [6, 6.07) is 6.57. The van der Waals surface area contributed by atoms with Gasteiger partial charge in [-0.2, -0.15) is 8.42 Å². The van der Waals surface area contributed by atoms with Crippen molar-refractivity contribution in [3.8, 4) is 0 Å². The number of aliphatic hydroxyl groups excluding tert-OH is 1. The van der Waals surface area contributed by atoms with Crippen LogP contribution in [0.4, 0.5) is 0 Å². The van der Waals surface area contributed by atoms with Gasteiger partial charge in [0.2, 0.25) is 0 Å². The second-order valence-corrected chi connectivity index (χ2v) is 7.05. The molecule has 4 nitrogen and oxygen atoms in total. The van der Waals surface area contributed by atoms with Crippen LogP contribution >= 0.6 is 0 Å². The van der Waals surface area contributed by atoms with Gasteiger partial charge in [0.05, 0.1) is 11.5 Å². The molecule has 5 heteroatoms. The SMILES string of the molecule is Cc1ccc(S(=O)(=O)OC(CO)C2CCCCC2)cc1. The summed E-state index contributed by atoms with van der Waals surface area (Å²) in [7, 11) is -3.80. The normalized spacial score (nSPS) is 18.9. The third-order valence-electron chi connectivity index (χ3n) is 3.92. The fourth-order valence-corrected chi connectivity index (χ4v) is 3.81. The molecule has 20 heavy (non-hydrogen) atoms. The minimum atomic E-state index is -3.80. The summed E-state index contributed by atoms with van der Waals surface area (Å²) in [4.78, 5) is 0.150. The predicted octanol–water partition coefficient (Wildman–Crippen LogP) is 2.64. The van der Waals surface area contributed by atoms with Crippen LogP contribution in [-0.4, -0.2) is 26.2 Å². The van der Waals surface area contributed by atoms with Crippen LogP contribution in [0.1, 0.15) is 37.7 Å². The molecule has 1 N–H and O–H groups in total. The van der Waals surface area contributed by atoms with E-state index < -0.39 is 16.2 Å². The van der Waals surface area contributed by atoms with E-state index in [-0.39, 0.29) is 17.4 Å². The van der Waals surface area contributed by atoms with E-state index in [1.54, 1.807) is 24.3 Å². The molecule has 0 aliphatic heterocycles. The van der Waals surface area contributed by atoms with Crippen LogP contribution in [0.3, 0.4) is 0 Å². The van der Waals surface area contributed by atoms with Gasteiger partial charge in [-0.25, -0.2) is 0 Å². The smallest absolute Gasteiger partial charge is 0.297 e. The number of aryl methyl sites for hydroxylation is 1. The van der Waals surface area contributed by atoms with Gasteiger partial charge in [-0.05, 0) is 37.8 Å². The largest absolute Gasteiger partial charge is 0.394 e. The van der Waals surface area contributed by atoms with Gasteiger partial charge in [-0.1, -0.05) is 37.0 Å².